The van der Waals surface area contributed by atoms with E-state index < -0.39 is 0 Å². The van der Waals surface area contributed by atoms with Crippen molar-refractivity contribution in [3.05, 3.63) is 58.6 Å². The normalized spacial score (nSPS) is 10.1. The molecule has 0 heterocycles. The van der Waals surface area contributed by atoms with E-state index in [1.165, 1.54) is 0 Å². The van der Waals surface area contributed by atoms with Crippen LogP contribution in [0, 0.1) is 6.92 Å². The van der Waals surface area contributed by atoms with Gasteiger partial charge in [-0.05, 0) is 49.2 Å². The number of ether oxygens (including phenoxy) is 1. The first-order valence-corrected chi connectivity index (χ1v) is 7.49. The van der Waals surface area contributed by atoms with Gasteiger partial charge in [-0.3, -0.25) is 0 Å². The van der Waals surface area contributed by atoms with Gasteiger partial charge in [-0.25, -0.2) is 4.79 Å². The van der Waals surface area contributed by atoms with Gasteiger partial charge in [0.05, 0.1) is 12.3 Å². The molecule has 0 fully saturated rings. The van der Waals surface area contributed by atoms with E-state index in [9.17, 15) is 4.79 Å². The summed E-state index contributed by atoms with van der Waals surface area (Å²) in [6.45, 7) is 4.86. The summed E-state index contributed by atoms with van der Waals surface area (Å²) in [7, 11) is 0. The van der Waals surface area contributed by atoms with Gasteiger partial charge in [0.1, 0.15) is 5.75 Å². The predicted octanol–water partition coefficient (Wildman–Crippen LogP) is 4.37. The average molecular weight is 319 g/mol. The van der Waals surface area contributed by atoms with Gasteiger partial charge in [0.15, 0.2) is 0 Å². The van der Waals surface area contributed by atoms with Crippen molar-refractivity contribution in [2.75, 3.05) is 11.9 Å². The van der Waals surface area contributed by atoms with Crippen molar-refractivity contribution in [3.63, 3.8) is 0 Å². The van der Waals surface area contributed by atoms with E-state index in [1.807, 2.05) is 44.2 Å². The van der Waals surface area contributed by atoms with Crippen LogP contribution in [0.4, 0.5) is 10.5 Å². The summed E-state index contributed by atoms with van der Waals surface area (Å²) in [6, 6.07) is 12.7. The molecule has 2 amide bonds. The zero-order chi connectivity index (χ0) is 15.9. The number of amides is 2. The van der Waals surface area contributed by atoms with Crippen LogP contribution < -0.4 is 15.4 Å². The van der Waals surface area contributed by atoms with Gasteiger partial charge in [-0.1, -0.05) is 29.8 Å². The molecule has 0 aliphatic carbocycles. The fourth-order valence-corrected chi connectivity index (χ4v) is 2.08. The second-order valence-electron chi connectivity index (χ2n) is 4.87. The maximum atomic E-state index is 12.0. The molecule has 116 valence electrons. The molecule has 22 heavy (non-hydrogen) atoms. The molecule has 2 N–H and O–H groups in total. The maximum Gasteiger partial charge on any atom is 0.319 e. The van der Waals surface area contributed by atoms with Gasteiger partial charge in [-0.2, -0.15) is 0 Å². The van der Waals surface area contributed by atoms with Gasteiger partial charge in [0, 0.05) is 11.6 Å². The molecule has 0 saturated carbocycles. The van der Waals surface area contributed by atoms with E-state index in [-0.39, 0.29) is 6.03 Å². The highest BCUT2D eigenvalue weighted by atomic mass is 35.5. The summed E-state index contributed by atoms with van der Waals surface area (Å²) < 4.78 is 5.54. The lowest BCUT2D eigenvalue weighted by Gasteiger charge is -2.13. The van der Waals surface area contributed by atoms with E-state index in [4.69, 9.17) is 16.3 Å². The van der Waals surface area contributed by atoms with E-state index in [2.05, 4.69) is 10.6 Å². The van der Waals surface area contributed by atoms with Crippen molar-refractivity contribution >= 4 is 23.3 Å². The first-order valence-electron chi connectivity index (χ1n) is 7.11. The Morgan fingerprint density at radius 2 is 1.91 bits per heavy atom. The first-order chi connectivity index (χ1) is 10.6. The summed E-state index contributed by atoms with van der Waals surface area (Å²) in [4.78, 5) is 12.0. The van der Waals surface area contributed by atoms with E-state index in [1.54, 1.807) is 12.1 Å². The number of hydrogen-bond donors (Lipinski definition) is 2. The molecule has 2 aromatic carbocycles. The molecule has 0 bridgehead atoms. The first kappa shape index (κ1) is 16.2. The van der Waals surface area contributed by atoms with Crippen LogP contribution in [0.5, 0.6) is 5.75 Å². The Bertz CT molecular complexity index is 642. The van der Waals surface area contributed by atoms with E-state index >= 15 is 0 Å². The Balaban J connectivity index is 1.95. The molecule has 2 rings (SSSR count). The summed E-state index contributed by atoms with van der Waals surface area (Å²) in [5.41, 5.74) is 2.71. The van der Waals surface area contributed by atoms with Gasteiger partial charge in [-0.15, -0.1) is 0 Å². The lowest BCUT2D eigenvalue weighted by Crippen LogP contribution is -2.28. The molecule has 5 heteroatoms. The minimum Gasteiger partial charge on any atom is -0.492 e. The number of halogens is 1. The van der Waals surface area contributed by atoms with Gasteiger partial charge < -0.3 is 15.4 Å². The Kier molecular flexibility index (Phi) is 5.67. The van der Waals surface area contributed by atoms with Crippen LogP contribution >= 0.6 is 11.6 Å². The summed E-state index contributed by atoms with van der Waals surface area (Å²) in [5, 5.41) is 6.28. The fourth-order valence-electron chi connectivity index (χ4n) is 1.96. The molecular formula is C17H19ClN2O2. The van der Waals surface area contributed by atoms with E-state index in [0.717, 1.165) is 11.1 Å². The quantitative estimate of drug-likeness (QED) is 0.860. The lowest BCUT2D eigenvalue weighted by atomic mass is 10.2. The number of aryl methyl sites for hydroxylation is 1. The predicted molar refractivity (Wildman–Crippen MR) is 89.7 cm³/mol. The molecule has 0 atom stereocenters. The minimum absolute atomic E-state index is 0.278. The highest BCUT2D eigenvalue weighted by Gasteiger charge is 2.08. The number of anilines is 1. The molecule has 0 spiro atoms. The topological polar surface area (TPSA) is 50.4 Å². The molecule has 0 aliphatic rings. The SMILES string of the molecule is CCOc1cc(C)ccc1NC(=O)NCc1ccc(Cl)cc1. The molecule has 0 unspecified atom stereocenters. The molecule has 2 aromatic rings. The van der Waals surface area contributed by atoms with E-state index in [0.29, 0.717) is 29.6 Å². The smallest absolute Gasteiger partial charge is 0.319 e. The number of nitrogens with one attached hydrogen (secondary N) is 2. The molecule has 0 aromatic heterocycles. The Morgan fingerprint density at radius 1 is 1.18 bits per heavy atom. The number of carbonyl (C=O) groups excluding carboxylic acids is 1. The minimum atomic E-state index is -0.278. The second kappa shape index (κ2) is 7.71. The Hall–Kier alpha value is -2.20. The fraction of sp³-hybridized carbons (Fsp3) is 0.235. The van der Waals surface area contributed by atoms with Crippen LogP contribution in [0.2, 0.25) is 5.02 Å². The van der Waals surface area contributed by atoms with Gasteiger partial charge >= 0.3 is 6.03 Å². The number of rotatable bonds is 5. The summed E-state index contributed by atoms with van der Waals surface area (Å²) in [6.07, 6.45) is 0. The van der Waals surface area contributed by atoms with Gasteiger partial charge in [0.2, 0.25) is 0 Å². The van der Waals surface area contributed by atoms with Crippen LogP contribution in [0.1, 0.15) is 18.1 Å². The van der Waals surface area contributed by atoms with Crippen molar-refractivity contribution in [2.45, 2.75) is 20.4 Å². The third kappa shape index (κ3) is 4.67. The maximum absolute atomic E-state index is 12.0. The van der Waals surface area contributed by atoms with Crippen molar-refractivity contribution in [1.82, 2.24) is 5.32 Å². The van der Waals surface area contributed by atoms with Crippen molar-refractivity contribution in [3.8, 4) is 5.75 Å². The summed E-state index contributed by atoms with van der Waals surface area (Å²) in [5.74, 6) is 0.671. The van der Waals surface area contributed by atoms with Crippen LogP contribution in [0.25, 0.3) is 0 Å². The van der Waals surface area contributed by atoms with Crippen LogP contribution in [0.15, 0.2) is 42.5 Å². The monoisotopic (exact) mass is 318 g/mol. The average Bonchev–Trinajstić information content (AvgIpc) is 2.50. The zero-order valence-corrected chi connectivity index (χ0v) is 13.4. The van der Waals surface area contributed by atoms with Crippen molar-refractivity contribution in [1.29, 1.82) is 0 Å². The highest BCUT2D eigenvalue weighted by Crippen LogP contribution is 2.25. The highest BCUT2D eigenvalue weighted by molar-refractivity contribution is 6.30. The third-order valence-corrected chi connectivity index (χ3v) is 3.30. The number of hydrogen-bond acceptors (Lipinski definition) is 2. The van der Waals surface area contributed by atoms with Crippen LogP contribution in [-0.2, 0) is 6.54 Å². The number of urea groups is 1. The molecule has 0 saturated heterocycles. The van der Waals surface area contributed by atoms with Crippen LogP contribution in [0.3, 0.4) is 0 Å². The molecule has 4 nitrogen and oxygen atoms in total. The molecular weight excluding hydrogens is 300 g/mol. The van der Waals surface area contributed by atoms with Crippen molar-refractivity contribution < 1.29 is 9.53 Å². The Morgan fingerprint density at radius 3 is 2.59 bits per heavy atom. The van der Waals surface area contributed by atoms with Crippen LogP contribution in [-0.4, -0.2) is 12.6 Å². The van der Waals surface area contributed by atoms with Gasteiger partial charge in [0.25, 0.3) is 0 Å². The zero-order valence-electron chi connectivity index (χ0n) is 12.7. The Labute approximate surface area is 135 Å². The number of benzene rings is 2. The van der Waals surface area contributed by atoms with Crippen molar-refractivity contribution in [2.24, 2.45) is 0 Å². The standard InChI is InChI=1S/C17H19ClN2O2/c1-3-22-16-10-12(2)4-9-15(16)20-17(21)19-11-13-5-7-14(18)8-6-13/h4-10H,3,11H2,1-2H3,(H2,19,20,21). The lowest BCUT2D eigenvalue weighted by molar-refractivity contribution is 0.251. The molecule has 0 aliphatic heterocycles. The summed E-state index contributed by atoms with van der Waals surface area (Å²) >= 11 is 5.83. The molecule has 0 radical (unpaired) electrons. The largest absolute Gasteiger partial charge is 0.492 e. The number of carbonyl (C=O) groups is 1. The second-order valence-corrected chi connectivity index (χ2v) is 5.30. The third-order valence-electron chi connectivity index (χ3n) is 3.05.